The second-order valence-electron chi connectivity index (χ2n) is 6.95. The first-order valence-corrected chi connectivity index (χ1v) is 6.98. The van der Waals surface area contributed by atoms with Gasteiger partial charge in [0.15, 0.2) is 0 Å². The highest BCUT2D eigenvalue weighted by molar-refractivity contribution is 5.96. The first kappa shape index (κ1) is 14.7. The van der Waals surface area contributed by atoms with E-state index in [-0.39, 0.29) is 11.6 Å². The van der Waals surface area contributed by atoms with E-state index in [1.165, 1.54) is 0 Å². The minimum Gasteiger partial charge on any atom is -0.443 e. The van der Waals surface area contributed by atoms with E-state index in [4.69, 9.17) is 4.74 Å². The Morgan fingerprint density at radius 1 is 1.35 bits per heavy atom. The Kier molecular flexibility index (Phi) is 3.44. The summed E-state index contributed by atoms with van der Waals surface area (Å²) in [5.41, 5.74) is 2.20. The van der Waals surface area contributed by atoms with E-state index in [0.29, 0.717) is 6.54 Å². The van der Waals surface area contributed by atoms with Gasteiger partial charge in [-0.05, 0) is 53.2 Å². The summed E-state index contributed by atoms with van der Waals surface area (Å²) in [6.07, 6.45) is -0.296. The third-order valence-electron chi connectivity index (χ3n) is 3.37. The van der Waals surface area contributed by atoms with E-state index in [1.807, 2.05) is 59.7 Å². The largest absolute Gasteiger partial charge is 0.443 e. The summed E-state index contributed by atoms with van der Waals surface area (Å²) in [7, 11) is 0. The SMILES string of the molecule is Cc1cccc2c1NCC(C)(C)N2C(=O)OC(C)(C)C. The molecule has 0 atom stereocenters. The number of aryl methyl sites for hydroxylation is 1. The molecule has 1 aromatic carbocycles. The molecule has 1 amide bonds. The Labute approximate surface area is 121 Å². The zero-order valence-corrected chi connectivity index (χ0v) is 13.2. The standard InChI is InChI=1S/C16H24N2O2/c1-11-8-7-9-12-13(11)17-10-16(5,6)18(12)14(19)20-15(2,3)4/h7-9,17H,10H2,1-6H3. The van der Waals surface area contributed by atoms with Gasteiger partial charge in [0.05, 0.1) is 16.9 Å². The van der Waals surface area contributed by atoms with Crippen LogP contribution in [0, 0.1) is 6.92 Å². The van der Waals surface area contributed by atoms with Crippen LogP contribution in [0.5, 0.6) is 0 Å². The number of benzene rings is 1. The highest BCUT2D eigenvalue weighted by Crippen LogP contribution is 2.38. The number of rotatable bonds is 0. The second kappa shape index (κ2) is 4.69. The number of hydrogen-bond donors (Lipinski definition) is 1. The first-order valence-electron chi connectivity index (χ1n) is 6.98. The van der Waals surface area contributed by atoms with E-state index in [9.17, 15) is 4.79 Å². The minimum atomic E-state index is -0.498. The monoisotopic (exact) mass is 276 g/mol. The van der Waals surface area contributed by atoms with E-state index < -0.39 is 5.60 Å². The second-order valence-corrected chi connectivity index (χ2v) is 6.95. The molecule has 1 aliphatic rings. The van der Waals surface area contributed by atoms with E-state index >= 15 is 0 Å². The molecule has 0 radical (unpaired) electrons. The molecule has 0 unspecified atom stereocenters. The van der Waals surface area contributed by atoms with Gasteiger partial charge in [0.2, 0.25) is 0 Å². The molecule has 2 rings (SSSR count). The molecule has 0 aliphatic carbocycles. The lowest BCUT2D eigenvalue weighted by Crippen LogP contribution is -2.56. The number of anilines is 2. The van der Waals surface area contributed by atoms with Gasteiger partial charge in [0, 0.05) is 6.54 Å². The summed E-state index contributed by atoms with van der Waals surface area (Å²) < 4.78 is 5.57. The van der Waals surface area contributed by atoms with Crippen molar-refractivity contribution in [2.75, 3.05) is 16.8 Å². The van der Waals surface area contributed by atoms with Crippen molar-refractivity contribution < 1.29 is 9.53 Å². The fourth-order valence-electron chi connectivity index (χ4n) is 2.43. The lowest BCUT2D eigenvalue weighted by Gasteiger charge is -2.44. The number of amides is 1. The predicted molar refractivity (Wildman–Crippen MR) is 82.5 cm³/mol. The molecular weight excluding hydrogens is 252 g/mol. The smallest absolute Gasteiger partial charge is 0.415 e. The highest BCUT2D eigenvalue weighted by Gasteiger charge is 2.39. The maximum absolute atomic E-state index is 12.6. The van der Waals surface area contributed by atoms with Gasteiger partial charge >= 0.3 is 6.09 Å². The van der Waals surface area contributed by atoms with Crippen LogP contribution in [0.3, 0.4) is 0 Å². The summed E-state index contributed by atoms with van der Waals surface area (Å²) in [4.78, 5) is 14.3. The average molecular weight is 276 g/mol. The highest BCUT2D eigenvalue weighted by atomic mass is 16.6. The van der Waals surface area contributed by atoms with Crippen LogP contribution in [0.4, 0.5) is 16.2 Å². The van der Waals surface area contributed by atoms with Crippen molar-refractivity contribution in [3.63, 3.8) is 0 Å². The molecule has 20 heavy (non-hydrogen) atoms. The van der Waals surface area contributed by atoms with Gasteiger partial charge in [-0.15, -0.1) is 0 Å². The average Bonchev–Trinajstić information content (AvgIpc) is 2.24. The van der Waals surface area contributed by atoms with Crippen molar-refractivity contribution in [1.29, 1.82) is 0 Å². The summed E-state index contributed by atoms with van der Waals surface area (Å²) >= 11 is 0. The summed E-state index contributed by atoms with van der Waals surface area (Å²) in [6, 6.07) is 5.96. The molecule has 0 saturated carbocycles. The van der Waals surface area contributed by atoms with Crippen LogP contribution in [0.2, 0.25) is 0 Å². The molecule has 4 heteroatoms. The normalized spacial score (nSPS) is 17.2. The Morgan fingerprint density at radius 3 is 2.60 bits per heavy atom. The van der Waals surface area contributed by atoms with Crippen molar-refractivity contribution in [3.05, 3.63) is 23.8 Å². The van der Waals surface area contributed by atoms with Gasteiger partial charge in [0.25, 0.3) is 0 Å². The van der Waals surface area contributed by atoms with Crippen molar-refractivity contribution >= 4 is 17.5 Å². The Bertz CT molecular complexity index is 530. The zero-order chi connectivity index (χ0) is 15.1. The van der Waals surface area contributed by atoms with Crippen LogP contribution in [-0.2, 0) is 4.74 Å². The Hall–Kier alpha value is -1.71. The molecule has 0 fully saturated rings. The number of nitrogens with one attached hydrogen (secondary N) is 1. The van der Waals surface area contributed by atoms with Crippen molar-refractivity contribution in [1.82, 2.24) is 0 Å². The molecular formula is C16H24N2O2. The first-order chi connectivity index (χ1) is 9.12. The summed E-state index contributed by atoms with van der Waals surface area (Å²) in [5.74, 6) is 0. The molecule has 1 heterocycles. The van der Waals surface area contributed by atoms with E-state index in [1.54, 1.807) is 4.90 Å². The van der Waals surface area contributed by atoms with Gasteiger partial charge < -0.3 is 10.1 Å². The maximum Gasteiger partial charge on any atom is 0.415 e. The molecule has 110 valence electrons. The molecule has 0 saturated heterocycles. The maximum atomic E-state index is 12.6. The number of fused-ring (bicyclic) bond motifs is 1. The molecule has 0 aromatic heterocycles. The molecule has 0 spiro atoms. The van der Waals surface area contributed by atoms with Gasteiger partial charge in [0.1, 0.15) is 5.60 Å². The van der Waals surface area contributed by atoms with Crippen LogP contribution in [0.25, 0.3) is 0 Å². The third kappa shape index (κ3) is 2.74. The van der Waals surface area contributed by atoms with Crippen molar-refractivity contribution in [2.45, 2.75) is 52.7 Å². The Morgan fingerprint density at radius 2 is 2.00 bits per heavy atom. The zero-order valence-electron chi connectivity index (χ0n) is 13.2. The third-order valence-corrected chi connectivity index (χ3v) is 3.37. The van der Waals surface area contributed by atoms with Crippen LogP contribution in [-0.4, -0.2) is 23.8 Å². The van der Waals surface area contributed by atoms with E-state index in [2.05, 4.69) is 5.32 Å². The molecule has 4 nitrogen and oxygen atoms in total. The van der Waals surface area contributed by atoms with Crippen molar-refractivity contribution in [2.24, 2.45) is 0 Å². The lowest BCUT2D eigenvalue weighted by atomic mass is 9.96. The van der Waals surface area contributed by atoms with E-state index in [0.717, 1.165) is 16.9 Å². The molecule has 1 aromatic rings. The summed E-state index contributed by atoms with van der Waals surface area (Å²) in [6.45, 7) is 12.5. The summed E-state index contributed by atoms with van der Waals surface area (Å²) in [5, 5.41) is 3.42. The number of carbonyl (C=O) groups excluding carboxylic acids is 1. The van der Waals surface area contributed by atoms with Gasteiger partial charge in [-0.2, -0.15) is 0 Å². The quantitative estimate of drug-likeness (QED) is 0.780. The van der Waals surface area contributed by atoms with Gasteiger partial charge in [-0.3, -0.25) is 4.90 Å². The fourth-order valence-corrected chi connectivity index (χ4v) is 2.43. The minimum absolute atomic E-state index is 0.296. The van der Waals surface area contributed by atoms with Crippen LogP contribution >= 0.6 is 0 Å². The number of hydrogen-bond acceptors (Lipinski definition) is 3. The lowest BCUT2D eigenvalue weighted by molar-refractivity contribution is 0.0546. The fraction of sp³-hybridized carbons (Fsp3) is 0.562. The number of para-hydroxylation sites is 1. The van der Waals surface area contributed by atoms with Gasteiger partial charge in [-0.1, -0.05) is 12.1 Å². The van der Waals surface area contributed by atoms with Crippen LogP contribution < -0.4 is 10.2 Å². The molecule has 1 N–H and O–H groups in total. The topological polar surface area (TPSA) is 41.6 Å². The predicted octanol–water partition coefficient (Wildman–Crippen LogP) is 3.94. The molecule has 0 bridgehead atoms. The number of nitrogens with zero attached hydrogens (tertiary/aromatic N) is 1. The number of ether oxygens (including phenoxy) is 1. The van der Waals surface area contributed by atoms with Crippen LogP contribution in [0.1, 0.15) is 40.2 Å². The Balaban J connectivity index is 2.45. The van der Waals surface area contributed by atoms with Crippen LogP contribution in [0.15, 0.2) is 18.2 Å². The molecule has 1 aliphatic heterocycles. The van der Waals surface area contributed by atoms with Crippen molar-refractivity contribution in [3.8, 4) is 0 Å². The van der Waals surface area contributed by atoms with Gasteiger partial charge in [-0.25, -0.2) is 4.79 Å². The number of carbonyl (C=O) groups is 1.